The molecule has 0 saturated carbocycles. The van der Waals surface area contributed by atoms with Gasteiger partial charge in [-0.25, -0.2) is 0 Å². The van der Waals surface area contributed by atoms with E-state index in [2.05, 4.69) is 19.2 Å². The second kappa shape index (κ2) is 5.10. The van der Waals surface area contributed by atoms with E-state index in [1.807, 2.05) is 6.92 Å². The zero-order chi connectivity index (χ0) is 10.6. The third-order valence-corrected chi connectivity index (χ3v) is 3.33. The number of nitrogens with one attached hydrogen (secondary N) is 1. The molecular formula is C11H23NO2. The lowest BCUT2D eigenvalue weighted by atomic mass is 9.83. The van der Waals surface area contributed by atoms with Crippen LogP contribution in [0.4, 0.5) is 0 Å². The summed E-state index contributed by atoms with van der Waals surface area (Å²) in [6.07, 6.45) is 1.79. The summed E-state index contributed by atoms with van der Waals surface area (Å²) in [6, 6.07) is 0.313. The Morgan fingerprint density at radius 1 is 1.64 bits per heavy atom. The van der Waals surface area contributed by atoms with E-state index in [1.54, 1.807) is 0 Å². The monoisotopic (exact) mass is 201 g/mol. The van der Waals surface area contributed by atoms with E-state index in [4.69, 9.17) is 4.74 Å². The van der Waals surface area contributed by atoms with E-state index in [-0.39, 0.29) is 0 Å². The van der Waals surface area contributed by atoms with Crippen molar-refractivity contribution in [3.8, 4) is 0 Å². The number of aliphatic hydroxyl groups is 1. The number of morpholine rings is 1. The van der Waals surface area contributed by atoms with Gasteiger partial charge in [-0.15, -0.1) is 0 Å². The molecule has 3 heteroatoms. The molecule has 0 aromatic heterocycles. The zero-order valence-electron chi connectivity index (χ0n) is 9.55. The summed E-state index contributed by atoms with van der Waals surface area (Å²) in [5.74, 6) is 0.339. The van der Waals surface area contributed by atoms with Gasteiger partial charge in [-0.1, -0.05) is 20.3 Å². The van der Waals surface area contributed by atoms with Crippen LogP contribution >= 0.6 is 0 Å². The van der Waals surface area contributed by atoms with Crippen molar-refractivity contribution >= 4 is 0 Å². The molecule has 0 radical (unpaired) electrons. The van der Waals surface area contributed by atoms with Crippen LogP contribution in [0.3, 0.4) is 0 Å². The highest BCUT2D eigenvalue weighted by molar-refractivity contribution is 4.85. The van der Waals surface area contributed by atoms with Crippen LogP contribution in [0.15, 0.2) is 0 Å². The van der Waals surface area contributed by atoms with Gasteiger partial charge in [-0.3, -0.25) is 0 Å². The largest absolute Gasteiger partial charge is 0.390 e. The summed E-state index contributed by atoms with van der Waals surface area (Å²) in [6.45, 7) is 8.57. The molecule has 84 valence electrons. The molecule has 1 aliphatic rings. The Hall–Kier alpha value is -0.120. The van der Waals surface area contributed by atoms with E-state index in [0.717, 1.165) is 32.6 Å². The molecule has 1 heterocycles. The maximum absolute atomic E-state index is 10.2. The topological polar surface area (TPSA) is 41.5 Å². The number of rotatable bonds is 4. The Bertz CT molecular complexity index is 165. The van der Waals surface area contributed by atoms with Gasteiger partial charge in [0.25, 0.3) is 0 Å². The minimum Gasteiger partial charge on any atom is -0.390 e. The lowest BCUT2D eigenvalue weighted by Gasteiger charge is -2.35. The summed E-state index contributed by atoms with van der Waals surface area (Å²) >= 11 is 0. The Balaban J connectivity index is 2.40. The van der Waals surface area contributed by atoms with Crippen LogP contribution in [0, 0.1) is 5.92 Å². The number of hydrogen-bond donors (Lipinski definition) is 2. The molecule has 1 rings (SSSR count). The lowest BCUT2D eigenvalue weighted by Crippen LogP contribution is -2.47. The van der Waals surface area contributed by atoms with Crippen LogP contribution in [0.1, 0.15) is 33.6 Å². The van der Waals surface area contributed by atoms with Crippen LogP contribution in [-0.2, 0) is 4.74 Å². The van der Waals surface area contributed by atoms with Gasteiger partial charge in [0.15, 0.2) is 0 Å². The fraction of sp³-hybridized carbons (Fsp3) is 1.00. The van der Waals surface area contributed by atoms with Gasteiger partial charge in [-0.2, -0.15) is 0 Å². The summed E-state index contributed by atoms with van der Waals surface area (Å²) in [5, 5.41) is 13.6. The first kappa shape index (κ1) is 12.0. The maximum Gasteiger partial charge on any atom is 0.0660 e. The van der Waals surface area contributed by atoms with E-state index in [1.165, 1.54) is 0 Å². The molecule has 14 heavy (non-hydrogen) atoms. The molecule has 3 unspecified atom stereocenters. The van der Waals surface area contributed by atoms with Gasteiger partial charge in [0.2, 0.25) is 0 Å². The van der Waals surface area contributed by atoms with Gasteiger partial charge in [0.1, 0.15) is 0 Å². The average molecular weight is 201 g/mol. The van der Waals surface area contributed by atoms with Crippen LogP contribution in [-0.4, -0.2) is 36.5 Å². The van der Waals surface area contributed by atoms with Crippen molar-refractivity contribution in [3.63, 3.8) is 0 Å². The van der Waals surface area contributed by atoms with Gasteiger partial charge < -0.3 is 15.2 Å². The van der Waals surface area contributed by atoms with Crippen molar-refractivity contribution in [2.45, 2.75) is 45.3 Å². The zero-order valence-corrected chi connectivity index (χ0v) is 9.55. The van der Waals surface area contributed by atoms with Crippen LogP contribution in [0.25, 0.3) is 0 Å². The summed E-state index contributed by atoms with van der Waals surface area (Å²) in [4.78, 5) is 0. The highest BCUT2D eigenvalue weighted by Crippen LogP contribution is 2.25. The van der Waals surface area contributed by atoms with Gasteiger partial charge in [0.05, 0.1) is 18.8 Å². The minimum atomic E-state index is -0.576. The highest BCUT2D eigenvalue weighted by atomic mass is 16.5. The molecule has 1 aliphatic heterocycles. The molecule has 0 aromatic rings. The van der Waals surface area contributed by atoms with Crippen molar-refractivity contribution in [1.29, 1.82) is 0 Å². The molecule has 1 saturated heterocycles. The van der Waals surface area contributed by atoms with Crippen molar-refractivity contribution in [2.24, 2.45) is 5.92 Å². The number of hydrogen-bond acceptors (Lipinski definition) is 3. The Kier molecular flexibility index (Phi) is 4.35. The second-order valence-corrected chi connectivity index (χ2v) is 4.60. The molecule has 1 fully saturated rings. The molecule has 0 aliphatic carbocycles. The predicted molar refractivity (Wildman–Crippen MR) is 57.3 cm³/mol. The Morgan fingerprint density at radius 3 is 2.86 bits per heavy atom. The third-order valence-electron chi connectivity index (χ3n) is 3.33. The van der Waals surface area contributed by atoms with E-state index < -0.39 is 5.60 Å². The first-order chi connectivity index (χ1) is 6.56. The quantitative estimate of drug-likeness (QED) is 0.717. The standard InChI is InChI=1S/C11H23NO2/c1-4-9(2)11(3,13)7-10-8-14-6-5-12-10/h9-10,12-13H,4-8H2,1-3H3. The van der Waals surface area contributed by atoms with E-state index in [9.17, 15) is 5.11 Å². The Morgan fingerprint density at radius 2 is 2.36 bits per heavy atom. The first-order valence-electron chi connectivity index (χ1n) is 5.59. The van der Waals surface area contributed by atoms with Gasteiger partial charge in [-0.05, 0) is 19.3 Å². The summed E-state index contributed by atoms with van der Waals surface area (Å²) in [7, 11) is 0. The van der Waals surface area contributed by atoms with Gasteiger partial charge in [0, 0.05) is 12.6 Å². The second-order valence-electron chi connectivity index (χ2n) is 4.60. The van der Waals surface area contributed by atoms with E-state index >= 15 is 0 Å². The van der Waals surface area contributed by atoms with E-state index in [0.29, 0.717) is 12.0 Å². The highest BCUT2D eigenvalue weighted by Gasteiger charge is 2.31. The van der Waals surface area contributed by atoms with Crippen molar-refractivity contribution in [1.82, 2.24) is 5.32 Å². The van der Waals surface area contributed by atoms with Crippen molar-refractivity contribution < 1.29 is 9.84 Å². The molecule has 0 bridgehead atoms. The maximum atomic E-state index is 10.2. The molecule has 0 spiro atoms. The molecule has 0 amide bonds. The van der Waals surface area contributed by atoms with Crippen molar-refractivity contribution in [3.05, 3.63) is 0 Å². The number of ether oxygens (including phenoxy) is 1. The molecule has 3 atom stereocenters. The fourth-order valence-corrected chi connectivity index (χ4v) is 1.89. The average Bonchev–Trinajstić information content (AvgIpc) is 2.17. The summed E-state index contributed by atoms with van der Waals surface area (Å²) < 4.78 is 5.37. The molecular weight excluding hydrogens is 178 g/mol. The van der Waals surface area contributed by atoms with Crippen LogP contribution < -0.4 is 5.32 Å². The molecule has 0 aromatic carbocycles. The minimum absolute atomic E-state index is 0.313. The Labute approximate surface area is 86.8 Å². The fourth-order valence-electron chi connectivity index (χ4n) is 1.89. The summed E-state index contributed by atoms with van der Waals surface area (Å²) in [5.41, 5.74) is -0.576. The van der Waals surface area contributed by atoms with Crippen molar-refractivity contribution in [2.75, 3.05) is 19.8 Å². The van der Waals surface area contributed by atoms with Gasteiger partial charge >= 0.3 is 0 Å². The SMILES string of the molecule is CCC(C)C(C)(O)CC1COCCN1. The lowest BCUT2D eigenvalue weighted by molar-refractivity contribution is -0.0303. The van der Waals surface area contributed by atoms with Crippen LogP contribution in [0.5, 0.6) is 0 Å². The first-order valence-corrected chi connectivity index (χ1v) is 5.59. The molecule has 2 N–H and O–H groups in total. The normalized spacial score (nSPS) is 29.6. The van der Waals surface area contributed by atoms with Crippen LogP contribution in [0.2, 0.25) is 0 Å². The smallest absolute Gasteiger partial charge is 0.0660 e. The molecule has 3 nitrogen and oxygen atoms in total. The third kappa shape index (κ3) is 3.23. The predicted octanol–water partition coefficient (Wildman–Crippen LogP) is 1.16.